The summed E-state index contributed by atoms with van der Waals surface area (Å²) in [4.78, 5) is 0. The third-order valence-corrected chi connectivity index (χ3v) is 1.12. The molecule has 0 saturated carbocycles. The Morgan fingerprint density at radius 2 is 2.70 bits per heavy atom. The molecule has 0 saturated heterocycles. The zero-order chi connectivity index (χ0) is 7.23. The molecule has 0 unspecified atom stereocenters. The van der Waals surface area contributed by atoms with Crippen molar-refractivity contribution in [1.82, 2.24) is 10.2 Å². The van der Waals surface area contributed by atoms with E-state index in [0.717, 1.165) is 12.4 Å². The van der Waals surface area contributed by atoms with Crippen LogP contribution in [0.25, 0.3) is 0 Å². The summed E-state index contributed by atoms with van der Waals surface area (Å²) in [5.41, 5.74) is 0. The molecule has 0 aromatic carbocycles. The molecule has 1 aromatic rings. The van der Waals surface area contributed by atoms with Crippen molar-refractivity contribution in [2.45, 2.75) is 0 Å². The van der Waals surface area contributed by atoms with Crippen LogP contribution >= 0.6 is 0 Å². The average Bonchev–Trinajstić information content (AvgIpc) is 2.41. The van der Waals surface area contributed by atoms with Gasteiger partial charge in [0.15, 0.2) is 0 Å². The number of nitrogens with one attached hydrogen (secondary N) is 2. The van der Waals surface area contributed by atoms with Crippen LogP contribution < -0.4 is 5.32 Å². The number of hydrogen-bond acceptors (Lipinski definition) is 3. The lowest BCUT2D eigenvalue weighted by Gasteiger charge is -1.99. The van der Waals surface area contributed by atoms with E-state index >= 15 is 0 Å². The Bertz CT molecular complexity index is 162. The van der Waals surface area contributed by atoms with Crippen LogP contribution in [-0.2, 0) is 4.74 Å². The second-order valence-corrected chi connectivity index (χ2v) is 1.89. The number of rotatable bonds is 4. The van der Waals surface area contributed by atoms with Crippen molar-refractivity contribution < 1.29 is 4.74 Å². The molecular weight excluding hydrogens is 130 g/mol. The Labute approximate surface area is 59.6 Å². The molecule has 1 rings (SSSR count). The fourth-order valence-electron chi connectivity index (χ4n) is 0.642. The Balaban J connectivity index is 2.15. The van der Waals surface area contributed by atoms with Crippen LogP contribution in [0.2, 0.25) is 0 Å². The van der Waals surface area contributed by atoms with Gasteiger partial charge >= 0.3 is 0 Å². The standard InChI is InChI=1S/C6H11N3O/c1-10-5-4-7-6-2-3-8-9-6/h2-3H,4-5H2,1H3,(H2,7,8,9). The molecule has 0 amide bonds. The Morgan fingerprint density at radius 1 is 1.80 bits per heavy atom. The van der Waals surface area contributed by atoms with E-state index in [-0.39, 0.29) is 0 Å². The van der Waals surface area contributed by atoms with Gasteiger partial charge in [-0.05, 0) is 6.07 Å². The summed E-state index contributed by atoms with van der Waals surface area (Å²) < 4.78 is 4.84. The second kappa shape index (κ2) is 3.90. The molecule has 4 heteroatoms. The fourth-order valence-corrected chi connectivity index (χ4v) is 0.642. The number of aromatic amines is 1. The zero-order valence-electron chi connectivity index (χ0n) is 5.92. The molecule has 0 spiro atoms. The minimum Gasteiger partial charge on any atom is -0.383 e. The van der Waals surface area contributed by atoms with Crippen molar-refractivity contribution in [3.05, 3.63) is 12.3 Å². The van der Waals surface area contributed by atoms with E-state index in [2.05, 4.69) is 15.5 Å². The summed E-state index contributed by atoms with van der Waals surface area (Å²) in [6, 6.07) is 1.87. The van der Waals surface area contributed by atoms with Crippen molar-refractivity contribution >= 4 is 5.82 Å². The molecule has 10 heavy (non-hydrogen) atoms. The van der Waals surface area contributed by atoms with E-state index in [1.165, 1.54) is 0 Å². The molecule has 1 aromatic heterocycles. The SMILES string of the molecule is COCCNc1ccn[nH]1. The first-order chi connectivity index (χ1) is 4.93. The summed E-state index contributed by atoms with van der Waals surface area (Å²) in [5.74, 6) is 0.928. The zero-order valence-corrected chi connectivity index (χ0v) is 5.92. The highest BCUT2D eigenvalue weighted by molar-refractivity contribution is 5.31. The van der Waals surface area contributed by atoms with Crippen LogP contribution in [0.1, 0.15) is 0 Å². The number of methoxy groups -OCH3 is 1. The summed E-state index contributed by atoms with van der Waals surface area (Å²) in [6.07, 6.45) is 1.70. The van der Waals surface area contributed by atoms with Crippen molar-refractivity contribution in [2.75, 3.05) is 25.6 Å². The lowest BCUT2D eigenvalue weighted by atomic mass is 10.6. The summed E-state index contributed by atoms with van der Waals surface area (Å²) in [5, 5.41) is 9.63. The Morgan fingerprint density at radius 3 is 3.30 bits per heavy atom. The van der Waals surface area contributed by atoms with Gasteiger partial charge in [-0.25, -0.2) is 0 Å². The summed E-state index contributed by atoms with van der Waals surface area (Å²) in [6.45, 7) is 1.51. The van der Waals surface area contributed by atoms with E-state index in [0.29, 0.717) is 6.61 Å². The van der Waals surface area contributed by atoms with E-state index in [1.807, 2.05) is 6.07 Å². The summed E-state index contributed by atoms with van der Waals surface area (Å²) >= 11 is 0. The van der Waals surface area contributed by atoms with Gasteiger partial charge in [-0.15, -0.1) is 0 Å². The molecule has 0 atom stereocenters. The van der Waals surface area contributed by atoms with Gasteiger partial charge in [-0.2, -0.15) is 5.10 Å². The smallest absolute Gasteiger partial charge is 0.121 e. The Kier molecular flexibility index (Phi) is 2.76. The number of aromatic nitrogens is 2. The monoisotopic (exact) mass is 141 g/mol. The van der Waals surface area contributed by atoms with Crippen molar-refractivity contribution in [3.8, 4) is 0 Å². The van der Waals surface area contributed by atoms with E-state index in [9.17, 15) is 0 Å². The van der Waals surface area contributed by atoms with E-state index < -0.39 is 0 Å². The van der Waals surface area contributed by atoms with Crippen LogP contribution in [-0.4, -0.2) is 30.5 Å². The van der Waals surface area contributed by atoms with Crippen molar-refractivity contribution in [3.63, 3.8) is 0 Å². The maximum Gasteiger partial charge on any atom is 0.121 e. The number of nitrogens with zero attached hydrogens (tertiary/aromatic N) is 1. The van der Waals surface area contributed by atoms with Crippen LogP contribution in [0, 0.1) is 0 Å². The van der Waals surface area contributed by atoms with Gasteiger partial charge in [-0.1, -0.05) is 0 Å². The molecular formula is C6H11N3O. The molecule has 2 N–H and O–H groups in total. The molecule has 0 aliphatic rings. The lowest BCUT2D eigenvalue weighted by molar-refractivity contribution is 0.210. The van der Waals surface area contributed by atoms with Gasteiger partial charge in [0.05, 0.1) is 12.8 Å². The van der Waals surface area contributed by atoms with Crippen LogP contribution in [0.15, 0.2) is 12.3 Å². The number of hydrogen-bond donors (Lipinski definition) is 2. The first kappa shape index (κ1) is 7.08. The largest absolute Gasteiger partial charge is 0.383 e. The van der Waals surface area contributed by atoms with Crippen molar-refractivity contribution in [1.29, 1.82) is 0 Å². The molecule has 4 nitrogen and oxygen atoms in total. The number of H-pyrrole nitrogens is 1. The van der Waals surface area contributed by atoms with Gasteiger partial charge in [0.2, 0.25) is 0 Å². The normalized spacial score (nSPS) is 9.70. The topological polar surface area (TPSA) is 49.9 Å². The molecule has 56 valence electrons. The minimum atomic E-state index is 0.707. The number of anilines is 1. The van der Waals surface area contributed by atoms with Gasteiger partial charge in [0, 0.05) is 13.7 Å². The highest BCUT2D eigenvalue weighted by atomic mass is 16.5. The highest BCUT2D eigenvalue weighted by Crippen LogP contribution is 1.95. The van der Waals surface area contributed by atoms with E-state index in [4.69, 9.17) is 4.74 Å². The molecule has 0 fully saturated rings. The molecule has 0 aliphatic carbocycles. The predicted molar refractivity (Wildman–Crippen MR) is 39.0 cm³/mol. The Hall–Kier alpha value is -1.03. The van der Waals surface area contributed by atoms with Crippen molar-refractivity contribution in [2.24, 2.45) is 0 Å². The van der Waals surface area contributed by atoms with Gasteiger partial charge in [0.1, 0.15) is 5.82 Å². The predicted octanol–water partition coefficient (Wildman–Crippen LogP) is 0.468. The average molecular weight is 141 g/mol. The molecule has 1 heterocycles. The maximum atomic E-state index is 4.84. The van der Waals surface area contributed by atoms with Crippen LogP contribution in [0.5, 0.6) is 0 Å². The molecule has 0 radical (unpaired) electrons. The van der Waals surface area contributed by atoms with Gasteiger partial charge < -0.3 is 10.1 Å². The first-order valence-electron chi connectivity index (χ1n) is 3.15. The van der Waals surface area contributed by atoms with Gasteiger partial charge in [-0.3, -0.25) is 5.10 Å². The lowest BCUT2D eigenvalue weighted by Crippen LogP contribution is -2.07. The summed E-state index contributed by atoms with van der Waals surface area (Å²) in [7, 11) is 1.68. The minimum absolute atomic E-state index is 0.707. The molecule has 0 aliphatic heterocycles. The van der Waals surface area contributed by atoms with Crippen LogP contribution in [0.4, 0.5) is 5.82 Å². The maximum absolute atomic E-state index is 4.84. The van der Waals surface area contributed by atoms with Gasteiger partial charge in [0.25, 0.3) is 0 Å². The fraction of sp³-hybridized carbons (Fsp3) is 0.500. The second-order valence-electron chi connectivity index (χ2n) is 1.89. The first-order valence-corrected chi connectivity index (χ1v) is 3.15. The van der Waals surface area contributed by atoms with E-state index in [1.54, 1.807) is 13.3 Å². The highest BCUT2D eigenvalue weighted by Gasteiger charge is 1.88. The number of ether oxygens (including phenoxy) is 1. The third-order valence-electron chi connectivity index (χ3n) is 1.12. The molecule has 0 bridgehead atoms. The quantitative estimate of drug-likeness (QED) is 0.599. The third kappa shape index (κ3) is 2.06. The van der Waals surface area contributed by atoms with Crippen LogP contribution in [0.3, 0.4) is 0 Å².